The normalized spacial score (nSPS) is 35.6. The van der Waals surface area contributed by atoms with Crippen LogP contribution in [0.1, 0.15) is 0 Å². The number of methoxy groups -OCH3 is 1. The Morgan fingerprint density at radius 3 is 2.56 bits per heavy atom. The van der Waals surface area contributed by atoms with Crippen LogP contribution in [0.4, 0.5) is 0 Å². The SMILES string of the molecule is B[C@@H]1O[C@H](CO)[C@H](OP(C)(=O)O)C1OCCOC. The van der Waals surface area contributed by atoms with Gasteiger partial charge in [-0.05, 0) is 0 Å². The molecule has 1 aliphatic heterocycles. The van der Waals surface area contributed by atoms with Crippen LogP contribution in [0.2, 0.25) is 0 Å². The molecule has 0 bridgehead atoms. The second kappa shape index (κ2) is 7.00. The Labute approximate surface area is 107 Å². The first-order valence-corrected chi connectivity index (χ1v) is 7.77. The molecule has 0 aromatic heterocycles. The molecule has 5 atom stereocenters. The van der Waals surface area contributed by atoms with Crippen LogP contribution < -0.4 is 0 Å². The third-order valence-corrected chi connectivity index (χ3v) is 3.27. The van der Waals surface area contributed by atoms with E-state index in [0.717, 1.165) is 6.66 Å². The van der Waals surface area contributed by atoms with E-state index in [1.54, 1.807) is 15.0 Å². The average Bonchev–Trinajstić information content (AvgIpc) is 2.54. The Kier molecular flexibility index (Phi) is 6.27. The van der Waals surface area contributed by atoms with E-state index in [4.69, 9.17) is 18.7 Å². The fraction of sp³-hybridized carbons (Fsp3) is 1.00. The van der Waals surface area contributed by atoms with Gasteiger partial charge in [-0.1, -0.05) is 0 Å². The van der Waals surface area contributed by atoms with Crippen molar-refractivity contribution in [3.05, 3.63) is 0 Å². The molecular formula is C9H20BO7P. The number of aliphatic hydroxyl groups is 1. The van der Waals surface area contributed by atoms with Crippen molar-refractivity contribution in [3.63, 3.8) is 0 Å². The summed E-state index contributed by atoms with van der Waals surface area (Å²) in [5.41, 5.74) is 0. The third-order valence-electron chi connectivity index (χ3n) is 2.64. The molecular weight excluding hydrogens is 262 g/mol. The molecule has 0 amide bonds. The minimum Gasteiger partial charge on any atom is -0.394 e. The van der Waals surface area contributed by atoms with Crippen molar-refractivity contribution < 1.29 is 33.3 Å². The molecule has 0 saturated carbocycles. The third kappa shape index (κ3) is 4.62. The highest BCUT2D eigenvalue weighted by Gasteiger charge is 2.45. The molecule has 9 heteroatoms. The molecule has 2 N–H and O–H groups in total. The van der Waals surface area contributed by atoms with Crippen molar-refractivity contribution >= 4 is 15.4 Å². The summed E-state index contributed by atoms with van der Waals surface area (Å²) >= 11 is 0. The quantitative estimate of drug-likeness (QED) is 0.336. The van der Waals surface area contributed by atoms with Crippen molar-refractivity contribution in [1.29, 1.82) is 0 Å². The Morgan fingerprint density at radius 1 is 1.39 bits per heavy atom. The van der Waals surface area contributed by atoms with Crippen molar-refractivity contribution in [1.82, 2.24) is 0 Å². The first-order valence-electron chi connectivity index (χ1n) is 5.74. The van der Waals surface area contributed by atoms with Crippen LogP contribution in [-0.4, -0.2) is 75.8 Å². The predicted molar refractivity (Wildman–Crippen MR) is 66.5 cm³/mol. The van der Waals surface area contributed by atoms with Crippen molar-refractivity contribution in [2.75, 3.05) is 33.6 Å². The van der Waals surface area contributed by atoms with Crippen molar-refractivity contribution in [2.24, 2.45) is 0 Å². The molecule has 0 radical (unpaired) electrons. The van der Waals surface area contributed by atoms with Crippen LogP contribution in [0.15, 0.2) is 0 Å². The van der Waals surface area contributed by atoms with E-state index in [0.29, 0.717) is 13.2 Å². The highest BCUT2D eigenvalue weighted by molar-refractivity contribution is 7.51. The van der Waals surface area contributed by atoms with Gasteiger partial charge in [-0.3, -0.25) is 9.09 Å². The van der Waals surface area contributed by atoms with Gasteiger partial charge in [0.2, 0.25) is 0 Å². The van der Waals surface area contributed by atoms with Gasteiger partial charge < -0.3 is 24.2 Å². The summed E-state index contributed by atoms with van der Waals surface area (Å²) in [4.78, 5) is 9.28. The average molecular weight is 282 g/mol. The lowest BCUT2D eigenvalue weighted by Gasteiger charge is -2.24. The van der Waals surface area contributed by atoms with Gasteiger partial charge in [0.05, 0.1) is 25.8 Å². The zero-order chi connectivity index (χ0) is 13.8. The minimum atomic E-state index is -3.67. The van der Waals surface area contributed by atoms with Gasteiger partial charge >= 0.3 is 7.60 Å². The molecule has 0 aromatic carbocycles. The molecule has 1 rings (SSSR count). The van der Waals surface area contributed by atoms with Crippen LogP contribution >= 0.6 is 7.60 Å². The number of aliphatic hydroxyl groups excluding tert-OH is 1. The lowest BCUT2D eigenvalue weighted by atomic mass is 9.93. The Hall–Kier alpha value is 0.0549. The maximum Gasteiger partial charge on any atom is 0.325 e. The Bertz CT molecular complexity index is 297. The molecule has 2 unspecified atom stereocenters. The topological polar surface area (TPSA) is 94.5 Å². The number of hydrogen-bond acceptors (Lipinski definition) is 6. The fourth-order valence-electron chi connectivity index (χ4n) is 1.91. The standard InChI is InChI=1S/C9H20BO7P/c1-14-3-4-15-8-7(17-18(2,12)13)6(5-11)16-9(8)10/h6-9,11H,3-5,10H2,1-2H3,(H,12,13)/t6-,7+,8?,9-/m1/s1. The molecule has 106 valence electrons. The predicted octanol–water partition coefficient (Wildman–Crippen LogP) is -1.43. The molecule has 0 aromatic rings. The van der Waals surface area contributed by atoms with Gasteiger partial charge in [0.1, 0.15) is 26.2 Å². The van der Waals surface area contributed by atoms with E-state index >= 15 is 0 Å². The molecule has 0 spiro atoms. The summed E-state index contributed by atoms with van der Waals surface area (Å²) in [6.07, 6.45) is -1.92. The highest BCUT2D eigenvalue weighted by Crippen LogP contribution is 2.42. The molecule has 1 heterocycles. The molecule has 1 fully saturated rings. The maximum atomic E-state index is 11.3. The van der Waals surface area contributed by atoms with Crippen LogP contribution in [0.3, 0.4) is 0 Å². The van der Waals surface area contributed by atoms with E-state index in [-0.39, 0.29) is 12.6 Å². The van der Waals surface area contributed by atoms with Gasteiger partial charge in [-0.25, -0.2) is 0 Å². The molecule has 1 aliphatic rings. The Morgan fingerprint density at radius 2 is 2.06 bits per heavy atom. The number of ether oxygens (including phenoxy) is 3. The number of rotatable bonds is 7. The second-order valence-corrected chi connectivity index (χ2v) is 6.08. The van der Waals surface area contributed by atoms with Crippen molar-refractivity contribution in [2.45, 2.75) is 24.3 Å². The van der Waals surface area contributed by atoms with Gasteiger partial charge in [0.15, 0.2) is 0 Å². The van der Waals surface area contributed by atoms with Gasteiger partial charge in [0, 0.05) is 13.8 Å². The summed E-state index contributed by atoms with van der Waals surface area (Å²) in [6, 6.07) is -0.324. The summed E-state index contributed by atoms with van der Waals surface area (Å²) < 4.78 is 32.2. The van der Waals surface area contributed by atoms with E-state index in [1.165, 1.54) is 0 Å². The van der Waals surface area contributed by atoms with E-state index < -0.39 is 25.9 Å². The summed E-state index contributed by atoms with van der Waals surface area (Å²) in [5, 5.41) is 9.18. The van der Waals surface area contributed by atoms with Crippen molar-refractivity contribution in [3.8, 4) is 0 Å². The monoisotopic (exact) mass is 282 g/mol. The van der Waals surface area contributed by atoms with E-state index in [2.05, 4.69) is 0 Å². The van der Waals surface area contributed by atoms with Gasteiger partial charge in [-0.2, -0.15) is 0 Å². The summed E-state index contributed by atoms with van der Waals surface area (Å²) in [6.45, 7) is 1.53. The second-order valence-electron chi connectivity index (χ2n) is 4.26. The zero-order valence-electron chi connectivity index (χ0n) is 10.8. The fourth-order valence-corrected chi connectivity index (χ4v) is 2.62. The minimum absolute atomic E-state index is 0.293. The van der Waals surface area contributed by atoms with Crippen LogP contribution in [-0.2, 0) is 23.3 Å². The number of hydrogen-bond donors (Lipinski definition) is 2. The highest BCUT2D eigenvalue weighted by atomic mass is 31.2. The zero-order valence-corrected chi connectivity index (χ0v) is 11.7. The molecule has 0 aliphatic carbocycles. The van der Waals surface area contributed by atoms with Gasteiger partial charge in [0.25, 0.3) is 0 Å². The molecule has 7 nitrogen and oxygen atoms in total. The lowest BCUT2D eigenvalue weighted by Crippen LogP contribution is -2.38. The first kappa shape index (κ1) is 16.1. The summed E-state index contributed by atoms with van der Waals surface area (Å²) in [7, 11) is -0.353. The maximum absolute atomic E-state index is 11.3. The van der Waals surface area contributed by atoms with Crippen LogP contribution in [0, 0.1) is 0 Å². The van der Waals surface area contributed by atoms with Crippen LogP contribution in [0.5, 0.6) is 0 Å². The first-order chi connectivity index (χ1) is 8.39. The van der Waals surface area contributed by atoms with E-state index in [9.17, 15) is 14.6 Å². The summed E-state index contributed by atoms with van der Waals surface area (Å²) in [5.74, 6) is 0. The molecule has 1 saturated heterocycles. The van der Waals surface area contributed by atoms with Gasteiger partial charge in [-0.15, -0.1) is 0 Å². The van der Waals surface area contributed by atoms with Crippen LogP contribution in [0.25, 0.3) is 0 Å². The van der Waals surface area contributed by atoms with E-state index in [1.807, 2.05) is 0 Å². The lowest BCUT2D eigenvalue weighted by molar-refractivity contribution is -0.0341. The smallest absolute Gasteiger partial charge is 0.325 e. The Balaban J connectivity index is 2.67. The largest absolute Gasteiger partial charge is 0.394 e. The molecule has 18 heavy (non-hydrogen) atoms.